The number of quaternary nitrogens is 2. The molecule has 0 aliphatic carbocycles. The summed E-state index contributed by atoms with van der Waals surface area (Å²) in [5.74, 6) is -12.9. The van der Waals surface area contributed by atoms with Crippen LogP contribution in [-0.2, 0) is 46.5 Å². The van der Waals surface area contributed by atoms with Crippen molar-refractivity contribution in [3.8, 4) is 80.1 Å². The van der Waals surface area contributed by atoms with E-state index in [0.717, 1.165) is 87.0 Å². The molecule has 30 heteroatoms. The van der Waals surface area contributed by atoms with Gasteiger partial charge in [-0.05, 0) is 143 Å². The van der Waals surface area contributed by atoms with Gasteiger partial charge in [0.05, 0.1) is 69.5 Å². The van der Waals surface area contributed by atoms with Crippen LogP contribution in [0.25, 0.3) is 11.1 Å². The number of phenolic OH excluding ortho intramolecular Hbond substituents is 6. The van der Waals surface area contributed by atoms with Crippen LogP contribution in [0.5, 0.6) is 69.0 Å². The first-order valence-corrected chi connectivity index (χ1v) is 42.2. The second-order valence-electron chi connectivity index (χ2n) is 33.1. The van der Waals surface area contributed by atoms with E-state index < -0.39 is 136 Å². The lowest BCUT2D eigenvalue weighted by molar-refractivity contribution is -0.914. The Bertz CT molecular complexity index is 4900. The molecule has 0 radical (unpaired) electrons. The molecular formula is C89H111Cl2N11O17+2. The molecule has 0 spiro atoms. The highest BCUT2D eigenvalue weighted by atomic mass is 35.5. The van der Waals surface area contributed by atoms with E-state index in [0.29, 0.717) is 36.1 Å². The van der Waals surface area contributed by atoms with E-state index in [4.69, 9.17) is 43.1 Å². The molecular weight excluding hydrogens is 1570 g/mol. The lowest BCUT2D eigenvalue weighted by atomic mass is 9.87. The van der Waals surface area contributed by atoms with Gasteiger partial charge in [0, 0.05) is 56.2 Å². The summed E-state index contributed by atoms with van der Waals surface area (Å²) >= 11 is 14.1. The van der Waals surface area contributed by atoms with E-state index in [1.165, 1.54) is 156 Å². The van der Waals surface area contributed by atoms with E-state index >= 15 is 28.8 Å². The first kappa shape index (κ1) is 87.7. The number of nitrogens with two attached hydrogens (primary N) is 1. The molecule has 1 saturated heterocycles. The second-order valence-corrected chi connectivity index (χ2v) is 33.9. The third-order valence-electron chi connectivity index (χ3n) is 23.4. The minimum absolute atomic E-state index is 0.00762. The van der Waals surface area contributed by atoms with Crippen molar-refractivity contribution in [1.82, 2.24) is 42.1 Å². The predicted molar refractivity (Wildman–Crippen MR) is 448 cm³/mol. The largest absolute Gasteiger partial charge is 0.508 e. The summed E-state index contributed by atoms with van der Waals surface area (Å²) in [6.45, 7) is 9.58. The summed E-state index contributed by atoms with van der Waals surface area (Å²) in [6, 6.07) is 9.23. The number of benzene rings is 7. The quantitative estimate of drug-likeness (QED) is 0.0187. The minimum Gasteiger partial charge on any atom is -0.508 e. The first-order chi connectivity index (χ1) is 57.0. The number of nitrogens with one attached hydrogen (secondary N) is 7. The van der Waals surface area contributed by atoms with Gasteiger partial charge in [-0.3, -0.25) is 38.5 Å². The van der Waals surface area contributed by atoms with E-state index in [1.54, 1.807) is 0 Å². The van der Waals surface area contributed by atoms with Crippen LogP contribution >= 0.6 is 23.2 Å². The Labute approximate surface area is 702 Å². The molecule has 7 aromatic carbocycles. The van der Waals surface area contributed by atoms with Crippen LogP contribution in [0.15, 0.2) is 109 Å². The van der Waals surface area contributed by atoms with Crippen molar-refractivity contribution in [3.05, 3.63) is 164 Å². The third-order valence-corrected chi connectivity index (χ3v) is 24.0. The summed E-state index contributed by atoms with van der Waals surface area (Å²) in [6.07, 6.45) is 16.8. The average Bonchev–Trinajstić information content (AvgIpc) is 0.796. The molecule has 0 aromatic heterocycles. The Morgan fingerprint density at radius 3 is 1.73 bits per heavy atom. The van der Waals surface area contributed by atoms with Gasteiger partial charge in [-0.15, -0.1) is 0 Å². The fourth-order valence-electron chi connectivity index (χ4n) is 16.3. The maximum Gasteiger partial charge on any atom is 0.248 e. The molecule has 119 heavy (non-hydrogen) atoms. The Morgan fingerprint density at radius 1 is 0.529 bits per heavy atom. The van der Waals surface area contributed by atoms with Gasteiger partial charge < -0.3 is 102 Å². The highest BCUT2D eigenvalue weighted by Crippen LogP contribution is 2.50. The Balaban J connectivity index is 0.978. The highest BCUT2D eigenvalue weighted by Gasteiger charge is 2.43. The topological polar surface area (TPSA) is 402 Å². The van der Waals surface area contributed by atoms with Crippen molar-refractivity contribution in [2.45, 2.75) is 184 Å². The number of piperazine rings is 1. The van der Waals surface area contributed by atoms with Crippen molar-refractivity contribution in [1.29, 1.82) is 0 Å². The van der Waals surface area contributed by atoms with Crippen LogP contribution in [0.1, 0.15) is 204 Å². The lowest BCUT2D eigenvalue weighted by Crippen LogP contribution is -2.57. The van der Waals surface area contributed by atoms with Gasteiger partial charge in [0.15, 0.2) is 23.0 Å². The van der Waals surface area contributed by atoms with Gasteiger partial charge in [-0.1, -0.05) is 138 Å². The zero-order valence-electron chi connectivity index (χ0n) is 68.0. The Morgan fingerprint density at radius 2 is 1.08 bits per heavy atom. The second kappa shape index (κ2) is 39.1. The van der Waals surface area contributed by atoms with Crippen LogP contribution in [0, 0.1) is 0 Å². The van der Waals surface area contributed by atoms with Crippen LogP contribution < -0.4 is 57.2 Å². The number of carbonyl (C=O) groups excluding carboxylic acids is 7. The molecule has 1 fully saturated rings. The molecule has 7 heterocycles. The number of carbonyl (C=O) groups is 7. The fraction of sp³-hybridized carbons (Fsp3) is 0.449. The molecule has 7 aromatic rings. The zero-order valence-corrected chi connectivity index (χ0v) is 69.5. The van der Waals surface area contributed by atoms with Gasteiger partial charge in [-0.25, -0.2) is 0 Å². The van der Waals surface area contributed by atoms with Crippen molar-refractivity contribution in [2.75, 3.05) is 73.5 Å². The molecule has 14 rings (SSSR count). The Kier molecular flexibility index (Phi) is 28.8. The number of hydrogen-bond donors (Lipinski definition) is 15. The number of phenols is 6. The van der Waals surface area contributed by atoms with Gasteiger partial charge in [-0.2, -0.15) is 0 Å². The summed E-state index contributed by atoms with van der Waals surface area (Å²) in [5, 5.41) is 105. The van der Waals surface area contributed by atoms with Gasteiger partial charge in [0.2, 0.25) is 47.1 Å². The number of halogens is 2. The normalized spacial score (nSPS) is 20.7. The highest BCUT2D eigenvalue weighted by molar-refractivity contribution is 6.32. The van der Waals surface area contributed by atoms with Crippen molar-refractivity contribution >= 4 is 64.6 Å². The number of amides is 7. The predicted octanol–water partition coefficient (Wildman–Crippen LogP) is 12.0. The summed E-state index contributed by atoms with van der Waals surface area (Å²) in [5.41, 5.74) is 5.38. The first-order valence-electron chi connectivity index (χ1n) is 41.5. The average molecular weight is 1680 g/mol. The molecule has 7 aliphatic heterocycles. The SMILES string of the molecule is CCCCCCCCCC[N+](C)(C)CCCNC(=O)[C@H]1NC(=O)[C@H]2NC(=O)[C@H](NC(=O)[C@@H]3NC(=O)[C@H]4NC(=O)[C@@H](Cc5ccc(c(Cl)c5)Oc5cc3cc(c5O)Oc3ccc(cc3Cl)[C@H]2O)NC(=O)[C@@H](N)c2ccc(O)c(c2)Oc2cc(O)cc4c2)c2ccc(O)c(c2)-c2c1cc(O)c(CN1CC[N+](C)(CCCCCCCCCC)CC1)c2O. The van der Waals surface area contributed by atoms with Gasteiger partial charge >= 0.3 is 0 Å². The molecule has 0 unspecified atom stereocenters. The van der Waals surface area contributed by atoms with E-state index in [1.807, 2.05) is 0 Å². The van der Waals surface area contributed by atoms with Crippen LogP contribution in [0.3, 0.4) is 0 Å². The number of likely N-dealkylation sites (N-methyl/N-ethyl adjacent to an activating group) is 1. The number of aliphatic hydroxyl groups excluding tert-OH is 1. The maximum absolute atomic E-state index is 16.4. The lowest BCUT2D eigenvalue weighted by Gasteiger charge is -2.42. The monoisotopic (exact) mass is 1680 g/mol. The standard InChI is InChI=1S/C89H109Cl2N11O17/c1-6-8-10-12-14-16-18-20-34-101(3,4)35-22-31-93-85(112)78-60-49-67(106)61(50-100-32-37-102(5,38-33-100)36-21-19-17-15-13-11-9-7-2)81(108)73(60)59-43-53(25-27-65(59)104)75-86(113)99-79(89(116)98-78)80(107)54-26-30-69(63(91)44-54)119-72-47-56-46-71(82(72)109)118-68-29-23-51(39-62(68)90)40-64-83(110)95-76(87(114)97-77(56)88(115)96-75)55-41-57(103)48-58(42-55)117-70-45-52(24-28-66(70)105)74(92)84(111)94-64/h23-30,39,41-49,64,74-80,107H,6-22,31-38,40,50,92H2,1-5H3,(H11-2,93,94,95,96,97,98,99,103,104,105,106,108,109,110,111,112,113,114,115,116)/p+2/t64-,74+,75-,76+,77-,78+,79+,80-/m1/s1. The number of nitrogens with zero attached hydrogens (tertiary/aromatic N) is 3. The Hall–Kier alpha value is -10.6. The molecule has 28 nitrogen and oxygen atoms in total. The number of ether oxygens (including phenoxy) is 3. The smallest absolute Gasteiger partial charge is 0.248 e. The number of fused-ring (bicyclic) bond motifs is 14. The fourth-order valence-corrected chi connectivity index (χ4v) is 16.8. The third kappa shape index (κ3) is 21.5. The molecule has 8 atom stereocenters. The molecule has 7 aliphatic rings. The van der Waals surface area contributed by atoms with E-state index in [-0.39, 0.29) is 103 Å². The molecule has 16 N–H and O–H groups in total. The minimum atomic E-state index is -2.17. The number of unbranched alkanes of at least 4 members (excludes halogenated alkanes) is 14. The maximum atomic E-state index is 16.4. The number of hydrogen-bond acceptors (Lipinski definition) is 19. The van der Waals surface area contributed by atoms with Crippen molar-refractivity contribution < 1.29 is 92.5 Å². The van der Waals surface area contributed by atoms with Gasteiger partial charge in [0.25, 0.3) is 0 Å². The van der Waals surface area contributed by atoms with Crippen molar-refractivity contribution in [2.24, 2.45) is 5.73 Å². The van der Waals surface area contributed by atoms with E-state index in [2.05, 4.69) is 77.1 Å². The van der Waals surface area contributed by atoms with Crippen molar-refractivity contribution in [3.63, 3.8) is 0 Å². The number of rotatable bonds is 25. The zero-order chi connectivity index (χ0) is 85.0. The number of aliphatic hydroxyl groups is 1. The summed E-state index contributed by atoms with van der Waals surface area (Å²) in [4.78, 5) is 111. The summed E-state index contributed by atoms with van der Waals surface area (Å²) < 4.78 is 20.3. The van der Waals surface area contributed by atoms with E-state index in [9.17, 15) is 40.5 Å². The summed E-state index contributed by atoms with van der Waals surface area (Å²) in [7, 11) is 6.47. The number of aromatic hydroxyl groups is 6. The van der Waals surface area contributed by atoms with Crippen LogP contribution in [0.2, 0.25) is 10.0 Å². The van der Waals surface area contributed by atoms with Crippen LogP contribution in [0.4, 0.5) is 0 Å². The van der Waals surface area contributed by atoms with Gasteiger partial charge in [0.1, 0.15) is 88.6 Å². The molecule has 7 amide bonds. The molecule has 636 valence electrons. The van der Waals surface area contributed by atoms with Crippen LogP contribution in [-0.4, -0.2) is 177 Å². The molecule has 0 saturated carbocycles. The molecule has 17 bridgehead atoms.